The molecule has 0 spiro atoms. The SMILES string of the molecule is CC(=O)CN1CC[n+]2c(C)csc21. The maximum Gasteiger partial charge on any atom is 0.336 e. The number of aromatic nitrogens is 1. The summed E-state index contributed by atoms with van der Waals surface area (Å²) >= 11 is 1.73. The summed E-state index contributed by atoms with van der Waals surface area (Å²) < 4.78 is 2.27. The predicted molar refractivity (Wildman–Crippen MR) is 52.1 cm³/mol. The summed E-state index contributed by atoms with van der Waals surface area (Å²) in [4.78, 5) is 13.1. The highest BCUT2D eigenvalue weighted by atomic mass is 32.1. The van der Waals surface area contributed by atoms with Gasteiger partial charge in [-0.3, -0.25) is 4.79 Å². The van der Waals surface area contributed by atoms with Gasteiger partial charge in [0, 0.05) is 5.38 Å². The second kappa shape index (κ2) is 3.10. The van der Waals surface area contributed by atoms with Gasteiger partial charge in [0.15, 0.2) is 5.78 Å². The maximum absolute atomic E-state index is 11.0. The molecule has 0 radical (unpaired) electrons. The number of nitrogens with zero attached hydrogens (tertiary/aromatic N) is 2. The molecule has 1 aliphatic rings. The van der Waals surface area contributed by atoms with E-state index in [9.17, 15) is 4.79 Å². The van der Waals surface area contributed by atoms with Crippen LogP contribution in [0.15, 0.2) is 5.38 Å². The van der Waals surface area contributed by atoms with Gasteiger partial charge in [-0.15, -0.1) is 0 Å². The number of aryl methyl sites for hydroxylation is 1. The highest BCUT2D eigenvalue weighted by molar-refractivity contribution is 7.13. The molecule has 0 N–H and O–H groups in total. The fourth-order valence-corrected chi connectivity index (χ4v) is 2.74. The molecule has 0 aliphatic carbocycles. The summed E-state index contributed by atoms with van der Waals surface area (Å²) in [6.07, 6.45) is 0. The molecular formula is C9H13N2OS+. The van der Waals surface area contributed by atoms with Gasteiger partial charge < -0.3 is 0 Å². The van der Waals surface area contributed by atoms with Gasteiger partial charge in [-0.05, 0) is 13.8 Å². The molecule has 0 amide bonds. The Bertz CT molecular complexity index is 345. The number of Topliss-reactive ketones (excluding diaryl/α,β-unsaturated/α-hetero) is 1. The lowest BCUT2D eigenvalue weighted by molar-refractivity contribution is -0.673. The number of rotatable bonds is 2. The van der Waals surface area contributed by atoms with E-state index in [0.717, 1.165) is 13.1 Å². The van der Waals surface area contributed by atoms with Gasteiger partial charge in [0.05, 0.1) is 0 Å². The number of ketones is 1. The Balaban J connectivity index is 2.23. The summed E-state index contributed by atoms with van der Waals surface area (Å²) in [7, 11) is 0. The average molecular weight is 197 g/mol. The van der Waals surface area contributed by atoms with Crippen molar-refractivity contribution in [3.05, 3.63) is 11.1 Å². The molecule has 0 atom stereocenters. The van der Waals surface area contributed by atoms with E-state index in [1.165, 1.54) is 10.8 Å². The molecule has 0 aromatic carbocycles. The first-order valence-electron chi connectivity index (χ1n) is 4.41. The zero-order chi connectivity index (χ0) is 9.42. The van der Waals surface area contributed by atoms with Crippen LogP contribution in [-0.2, 0) is 11.3 Å². The number of hydrogen-bond donors (Lipinski definition) is 0. The minimum Gasteiger partial charge on any atom is -0.296 e. The van der Waals surface area contributed by atoms with Gasteiger partial charge in [0.25, 0.3) is 0 Å². The quantitative estimate of drug-likeness (QED) is 0.653. The Kier molecular flexibility index (Phi) is 2.07. The fraction of sp³-hybridized carbons (Fsp3) is 0.556. The lowest BCUT2D eigenvalue weighted by Crippen LogP contribution is -2.31. The largest absolute Gasteiger partial charge is 0.336 e. The van der Waals surface area contributed by atoms with Crippen LogP contribution in [0.3, 0.4) is 0 Å². The number of carbonyl (C=O) groups excluding carboxylic acids is 1. The van der Waals surface area contributed by atoms with Crippen LogP contribution in [0.1, 0.15) is 12.6 Å². The lowest BCUT2D eigenvalue weighted by atomic mass is 10.4. The van der Waals surface area contributed by atoms with Crippen molar-refractivity contribution in [3.63, 3.8) is 0 Å². The molecule has 1 aromatic heterocycles. The smallest absolute Gasteiger partial charge is 0.296 e. The van der Waals surface area contributed by atoms with E-state index in [4.69, 9.17) is 0 Å². The van der Waals surface area contributed by atoms with E-state index in [0.29, 0.717) is 6.54 Å². The second-order valence-electron chi connectivity index (χ2n) is 3.43. The zero-order valence-electron chi connectivity index (χ0n) is 7.91. The molecule has 0 unspecified atom stereocenters. The Morgan fingerprint density at radius 3 is 3.23 bits per heavy atom. The summed E-state index contributed by atoms with van der Waals surface area (Å²) in [6.45, 7) is 6.31. The van der Waals surface area contributed by atoms with Gasteiger partial charge in [0.1, 0.15) is 25.3 Å². The Hall–Kier alpha value is -0.900. The van der Waals surface area contributed by atoms with E-state index >= 15 is 0 Å². The van der Waals surface area contributed by atoms with Crippen LogP contribution < -0.4 is 9.47 Å². The van der Waals surface area contributed by atoms with Crippen LogP contribution >= 0.6 is 11.3 Å². The summed E-state index contributed by atoms with van der Waals surface area (Å²) in [5.74, 6) is 0.236. The predicted octanol–water partition coefficient (Wildman–Crippen LogP) is 0.753. The highest BCUT2D eigenvalue weighted by Gasteiger charge is 2.31. The summed E-state index contributed by atoms with van der Waals surface area (Å²) in [6, 6.07) is 0. The lowest BCUT2D eigenvalue weighted by Gasteiger charge is -2.04. The summed E-state index contributed by atoms with van der Waals surface area (Å²) in [5.41, 5.74) is 1.30. The number of fused-ring (bicyclic) bond motifs is 1. The fourth-order valence-electron chi connectivity index (χ4n) is 1.67. The molecule has 1 aromatic rings. The molecule has 70 valence electrons. The van der Waals surface area contributed by atoms with E-state index in [1.54, 1.807) is 18.3 Å². The molecule has 1 aliphatic heterocycles. The normalized spacial score (nSPS) is 14.8. The van der Waals surface area contributed by atoms with Gasteiger partial charge in [-0.25, -0.2) is 9.47 Å². The van der Waals surface area contributed by atoms with Crippen molar-refractivity contribution in [2.24, 2.45) is 0 Å². The van der Waals surface area contributed by atoms with Crippen LogP contribution in [0.4, 0.5) is 5.13 Å². The first-order valence-corrected chi connectivity index (χ1v) is 5.29. The highest BCUT2D eigenvalue weighted by Crippen LogP contribution is 2.21. The second-order valence-corrected chi connectivity index (χ2v) is 4.27. The standard InChI is InChI=1S/C9H13N2OS/c1-7-6-13-9-10(5-8(2)12)3-4-11(7)9/h6H,3-5H2,1-2H3/q+1. The van der Waals surface area contributed by atoms with Crippen molar-refractivity contribution in [2.45, 2.75) is 20.4 Å². The molecule has 4 heteroatoms. The zero-order valence-corrected chi connectivity index (χ0v) is 8.73. The van der Waals surface area contributed by atoms with Crippen LogP contribution in [-0.4, -0.2) is 18.9 Å². The molecule has 3 nitrogen and oxygen atoms in total. The maximum atomic E-state index is 11.0. The van der Waals surface area contributed by atoms with Crippen molar-refractivity contribution in [2.75, 3.05) is 18.0 Å². The van der Waals surface area contributed by atoms with Crippen molar-refractivity contribution in [3.8, 4) is 0 Å². The van der Waals surface area contributed by atoms with Crippen LogP contribution in [0.5, 0.6) is 0 Å². The van der Waals surface area contributed by atoms with Gasteiger partial charge in [0.2, 0.25) is 0 Å². The topological polar surface area (TPSA) is 24.2 Å². The van der Waals surface area contributed by atoms with Crippen LogP contribution in [0.25, 0.3) is 0 Å². The van der Waals surface area contributed by atoms with E-state index in [-0.39, 0.29) is 5.78 Å². The van der Waals surface area contributed by atoms with Crippen molar-refractivity contribution >= 4 is 22.3 Å². The number of hydrogen-bond acceptors (Lipinski definition) is 3. The summed E-state index contributed by atoms with van der Waals surface area (Å²) in [5, 5.41) is 3.37. The molecule has 0 fully saturated rings. The molecule has 2 rings (SSSR count). The minimum absolute atomic E-state index is 0.236. The van der Waals surface area contributed by atoms with E-state index in [2.05, 4.69) is 21.8 Å². The third-order valence-corrected chi connectivity index (χ3v) is 3.42. The molecule has 0 saturated carbocycles. The molecule has 0 saturated heterocycles. The van der Waals surface area contributed by atoms with E-state index < -0.39 is 0 Å². The van der Waals surface area contributed by atoms with Gasteiger partial charge in [-0.2, -0.15) is 0 Å². The molecular weight excluding hydrogens is 184 g/mol. The Labute approximate surface area is 81.6 Å². The van der Waals surface area contributed by atoms with Gasteiger partial charge in [-0.1, -0.05) is 11.3 Å². The van der Waals surface area contributed by atoms with Crippen LogP contribution in [0.2, 0.25) is 0 Å². The molecule has 0 bridgehead atoms. The van der Waals surface area contributed by atoms with Crippen molar-refractivity contribution in [1.29, 1.82) is 0 Å². The third-order valence-electron chi connectivity index (χ3n) is 2.27. The van der Waals surface area contributed by atoms with Gasteiger partial charge >= 0.3 is 5.13 Å². The Morgan fingerprint density at radius 1 is 1.77 bits per heavy atom. The van der Waals surface area contributed by atoms with Crippen molar-refractivity contribution in [1.82, 2.24) is 0 Å². The van der Waals surface area contributed by atoms with Crippen molar-refractivity contribution < 1.29 is 9.36 Å². The monoisotopic (exact) mass is 197 g/mol. The average Bonchev–Trinajstić information content (AvgIpc) is 2.56. The molecule has 2 heterocycles. The number of thiazole rings is 1. The third kappa shape index (κ3) is 1.46. The Morgan fingerprint density at radius 2 is 2.54 bits per heavy atom. The van der Waals surface area contributed by atoms with E-state index in [1.807, 2.05) is 0 Å². The first-order chi connectivity index (χ1) is 6.18. The number of anilines is 1. The molecule has 13 heavy (non-hydrogen) atoms. The van der Waals surface area contributed by atoms with Crippen LogP contribution in [0, 0.1) is 6.92 Å². The number of carbonyl (C=O) groups is 1. The first kappa shape index (κ1) is 8.69. The minimum atomic E-state index is 0.236.